The van der Waals surface area contributed by atoms with Crippen LogP contribution >= 0.6 is 7.82 Å². The molecule has 0 aliphatic carbocycles. The number of halogens is 6. The van der Waals surface area contributed by atoms with E-state index in [9.17, 15) is 30.9 Å². The lowest BCUT2D eigenvalue weighted by Crippen LogP contribution is -2.49. The Kier molecular flexibility index (Phi) is 5.34. The molecule has 2 unspecified atom stereocenters. The molecule has 6 nitrogen and oxygen atoms in total. The molecule has 13 heteroatoms. The molecule has 0 aromatic carbocycles. The van der Waals surface area contributed by atoms with Gasteiger partial charge in [-0.25, -0.2) is 9.30 Å². The molecule has 0 N–H and O–H groups in total. The van der Waals surface area contributed by atoms with Crippen molar-refractivity contribution in [1.29, 1.82) is 0 Å². The van der Waals surface area contributed by atoms with Crippen LogP contribution in [0.1, 0.15) is 6.92 Å². The summed E-state index contributed by atoms with van der Waals surface area (Å²) in [5.41, 5.74) is 0. The summed E-state index contributed by atoms with van der Waals surface area (Å²) >= 11 is 0. The predicted octanol–water partition coefficient (Wildman–Crippen LogP) is 2.99. The van der Waals surface area contributed by atoms with Crippen molar-refractivity contribution in [3.8, 4) is 0 Å². The van der Waals surface area contributed by atoms with Gasteiger partial charge in [0.05, 0.1) is 12.7 Å². The van der Waals surface area contributed by atoms with Gasteiger partial charge in [0.2, 0.25) is 0 Å². The molecule has 1 rings (SSSR count). The summed E-state index contributed by atoms with van der Waals surface area (Å²) in [6.45, 7) is -0.904. The number of alkyl halides is 6. The number of hydrogen-bond donors (Lipinski definition) is 0. The largest absolute Gasteiger partial charge is 0.475 e. The fourth-order valence-electron chi connectivity index (χ4n) is 1.09. The van der Waals surface area contributed by atoms with Crippen LogP contribution in [-0.2, 0) is 27.6 Å². The lowest BCUT2D eigenvalue weighted by atomic mass is 10.5. The van der Waals surface area contributed by atoms with Crippen LogP contribution in [0, 0.1) is 0 Å². The molecule has 1 saturated heterocycles. The van der Waals surface area contributed by atoms with Crippen molar-refractivity contribution in [3.63, 3.8) is 0 Å². The van der Waals surface area contributed by atoms with Crippen molar-refractivity contribution < 1.29 is 54.0 Å². The van der Waals surface area contributed by atoms with Gasteiger partial charge in [0.1, 0.15) is 6.61 Å². The summed E-state index contributed by atoms with van der Waals surface area (Å²) in [6.07, 6.45) is -16.6. The van der Waals surface area contributed by atoms with E-state index in [1.807, 2.05) is 0 Å². The molecule has 1 fully saturated rings. The van der Waals surface area contributed by atoms with Crippen LogP contribution in [0.5, 0.6) is 0 Å². The van der Waals surface area contributed by atoms with Gasteiger partial charge < -0.3 is 4.74 Å². The van der Waals surface area contributed by atoms with E-state index >= 15 is 0 Å². The smallest absolute Gasteiger partial charge is 0.317 e. The number of ether oxygens (including phenoxy) is 2. The number of rotatable bonds is 7. The molecule has 21 heavy (non-hydrogen) atoms. The van der Waals surface area contributed by atoms with E-state index in [0.29, 0.717) is 0 Å². The first-order chi connectivity index (χ1) is 9.33. The van der Waals surface area contributed by atoms with Crippen LogP contribution in [0.3, 0.4) is 0 Å². The van der Waals surface area contributed by atoms with Gasteiger partial charge in [0.25, 0.3) is 0 Å². The number of phosphoric ester groups is 1. The van der Waals surface area contributed by atoms with Crippen LogP contribution in [0.2, 0.25) is 0 Å². The van der Waals surface area contributed by atoms with E-state index in [4.69, 9.17) is 0 Å². The van der Waals surface area contributed by atoms with Gasteiger partial charge >= 0.3 is 26.1 Å². The molecule has 0 aromatic heterocycles. The summed E-state index contributed by atoms with van der Waals surface area (Å²) in [6, 6.07) is 0. The topological polar surface area (TPSA) is 63.2 Å². The normalized spacial score (nSPS) is 28.1. The summed E-state index contributed by atoms with van der Waals surface area (Å²) < 4.78 is 107. The zero-order valence-electron chi connectivity index (χ0n) is 10.7. The molecule has 0 radical (unpaired) electrons. The summed E-state index contributed by atoms with van der Waals surface area (Å²) in [4.78, 5) is 0. The lowest BCUT2D eigenvalue weighted by Gasteiger charge is -2.28. The van der Waals surface area contributed by atoms with Crippen LogP contribution in [0.4, 0.5) is 26.3 Å². The number of phosphoric acid groups is 1. The third-order valence-corrected chi connectivity index (χ3v) is 3.57. The maximum absolute atomic E-state index is 13.1. The summed E-state index contributed by atoms with van der Waals surface area (Å²) in [7, 11) is -4.19. The lowest BCUT2D eigenvalue weighted by molar-refractivity contribution is -0.479. The Morgan fingerprint density at radius 3 is 2.19 bits per heavy atom. The molecule has 0 saturated carbocycles. The quantitative estimate of drug-likeness (QED) is 0.521. The van der Waals surface area contributed by atoms with Crippen molar-refractivity contribution in [2.75, 3.05) is 20.3 Å². The van der Waals surface area contributed by atoms with E-state index in [1.54, 1.807) is 0 Å². The highest BCUT2D eigenvalue weighted by molar-refractivity contribution is 7.48. The number of hydrogen-bond acceptors (Lipinski definition) is 6. The van der Waals surface area contributed by atoms with Gasteiger partial charge in [-0.15, -0.1) is 0 Å². The minimum atomic E-state index is -5.65. The van der Waals surface area contributed by atoms with E-state index in [1.165, 1.54) is 6.92 Å². The fraction of sp³-hybridized carbons (Fsp3) is 1.00. The third kappa shape index (κ3) is 4.80. The van der Waals surface area contributed by atoms with Gasteiger partial charge in [-0.3, -0.25) is 13.6 Å². The van der Waals surface area contributed by atoms with Crippen LogP contribution in [-0.4, -0.2) is 44.8 Å². The zero-order valence-corrected chi connectivity index (χ0v) is 11.6. The Morgan fingerprint density at radius 2 is 1.76 bits per heavy atom. The van der Waals surface area contributed by atoms with E-state index in [2.05, 4.69) is 23.0 Å². The van der Waals surface area contributed by atoms with Crippen LogP contribution in [0.25, 0.3) is 0 Å². The maximum Gasteiger partial charge on any atom is 0.475 e. The fourth-order valence-corrected chi connectivity index (χ4v) is 2.49. The average Bonchev–Trinajstić information content (AvgIpc) is 2.66. The standard InChI is InChI=1S/C8H11F6O6P/c1-5-3-17-21(15,19-5)18-4-6(9,10)20-8(13,14)7(11,12)16-2/h5H,3-4H2,1-2H3. The molecule has 126 valence electrons. The van der Waals surface area contributed by atoms with Gasteiger partial charge in [0, 0.05) is 7.11 Å². The summed E-state index contributed by atoms with van der Waals surface area (Å²) in [5.74, 6) is 0. The van der Waals surface area contributed by atoms with Gasteiger partial charge in [-0.2, -0.15) is 26.3 Å². The highest BCUT2D eigenvalue weighted by Crippen LogP contribution is 2.55. The number of methoxy groups -OCH3 is 1. The van der Waals surface area contributed by atoms with E-state index < -0.39 is 38.9 Å². The molecule has 1 aliphatic heterocycles. The Balaban J connectivity index is 2.64. The maximum atomic E-state index is 13.1. The Labute approximate surface area is 114 Å². The Morgan fingerprint density at radius 1 is 1.19 bits per heavy atom. The van der Waals surface area contributed by atoms with Crippen molar-refractivity contribution in [3.05, 3.63) is 0 Å². The van der Waals surface area contributed by atoms with Crippen LogP contribution in [0.15, 0.2) is 0 Å². The first kappa shape index (κ1) is 18.7. The average molecular weight is 348 g/mol. The molecule has 0 amide bonds. The molecular formula is C8H11F6O6P. The van der Waals surface area contributed by atoms with E-state index in [0.717, 1.165) is 0 Å². The Hall–Kier alpha value is -0.390. The van der Waals surface area contributed by atoms with Crippen LogP contribution < -0.4 is 0 Å². The SMILES string of the molecule is COC(F)(F)C(F)(F)OC(F)(F)COP1(=O)OCC(C)O1. The van der Waals surface area contributed by atoms with Gasteiger partial charge in [0.15, 0.2) is 0 Å². The Bertz CT molecular complexity index is 418. The highest BCUT2D eigenvalue weighted by atomic mass is 31.2. The highest BCUT2D eigenvalue weighted by Gasteiger charge is 2.64. The van der Waals surface area contributed by atoms with Gasteiger partial charge in [-0.05, 0) is 6.92 Å². The van der Waals surface area contributed by atoms with E-state index in [-0.39, 0.29) is 13.7 Å². The molecule has 0 bridgehead atoms. The van der Waals surface area contributed by atoms with Crippen molar-refractivity contribution in [2.24, 2.45) is 0 Å². The van der Waals surface area contributed by atoms with Crippen molar-refractivity contribution >= 4 is 7.82 Å². The van der Waals surface area contributed by atoms with Crippen molar-refractivity contribution in [2.45, 2.75) is 31.4 Å². The van der Waals surface area contributed by atoms with Gasteiger partial charge in [-0.1, -0.05) is 0 Å². The second-order valence-corrected chi connectivity index (χ2v) is 5.53. The molecule has 1 heterocycles. The first-order valence-electron chi connectivity index (χ1n) is 5.29. The second-order valence-electron chi connectivity index (χ2n) is 3.91. The van der Waals surface area contributed by atoms with Crippen molar-refractivity contribution in [1.82, 2.24) is 0 Å². The molecule has 0 spiro atoms. The minimum absolute atomic E-state index is 0.172. The second kappa shape index (κ2) is 6.01. The monoisotopic (exact) mass is 348 g/mol. The molecule has 2 atom stereocenters. The molecule has 1 aliphatic rings. The zero-order chi connectivity index (χ0) is 16.5. The first-order valence-corrected chi connectivity index (χ1v) is 6.75. The molecule has 0 aromatic rings. The third-order valence-electron chi connectivity index (χ3n) is 2.04. The predicted molar refractivity (Wildman–Crippen MR) is 53.0 cm³/mol. The molecular weight excluding hydrogens is 337 g/mol. The minimum Gasteiger partial charge on any atom is -0.317 e. The summed E-state index contributed by atoms with van der Waals surface area (Å²) in [5, 5.41) is 0.